The number of sulfonamides is 1. The van der Waals surface area contributed by atoms with Crippen molar-refractivity contribution >= 4 is 10.0 Å². The first-order valence-corrected chi connectivity index (χ1v) is 5.25. The molecule has 0 saturated carbocycles. The van der Waals surface area contributed by atoms with Gasteiger partial charge in [-0.05, 0) is 19.3 Å². The van der Waals surface area contributed by atoms with E-state index in [4.69, 9.17) is 0 Å². The summed E-state index contributed by atoms with van der Waals surface area (Å²) >= 11 is 0. The molecule has 0 saturated heterocycles. The van der Waals surface area contributed by atoms with Crippen molar-refractivity contribution in [1.82, 2.24) is 4.72 Å². The maximum atomic E-state index is 11.1. The Morgan fingerprint density at radius 2 is 1.73 bits per heavy atom. The first kappa shape index (κ1) is 10.9. The highest BCUT2D eigenvalue weighted by molar-refractivity contribution is 7.89. The van der Waals surface area contributed by atoms with Crippen molar-refractivity contribution in [3.8, 4) is 0 Å². The number of nitrogens with zero attached hydrogens (tertiary/aromatic N) is 1. The number of hydrogen-bond acceptors (Lipinski definition) is 2. The highest BCUT2D eigenvalue weighted by atomic mass is 32.2. The Bertz CT molecular complexity index is 196. The Morgan fingerprint density at radius 1 is 1.27 bits per heavy atom. The zero-order chi connectivity index (χ0) is 9.07. The van der Waals surface area contributed by atoms with Gasteiger partial charge >= 0.3 is 0 Å². The third-order valence-corrected chi connectivity index (χ3v) is 3.28. The van der Waals surface area contributed by atoms with Crippen molar-refractivity contribution in [1.29, 1.82) is 0 Å². The lowest BCUT2D eigenvalue weighted by molar-refractivity contribution is 0.531. The summed E-state index contributed by atoms with van der Waals surface area (Å²) in [6.07, 6.45) is 0.680. The largest absolute Gasteiger partial charge is 0.230 e. The van der Waals surface area contributed by atoms with E-state index in [0.717, 1.165) is 0 Å². The molecule has 0 amide bonds. The van der Waals surface area contributed by atoms with Gasteiger partial charge in [0, 0.05) is 7.05 Å². The van der Waals surface area contributed by atoms with E-state index in [-0.39, 0.29) is 5.25 Å². The van der Waals surface area contributed by atoms with Gasteiger partial charge in [-0.3, -0.25) is 0 Å². The normalized spacial score (nSPS) is 15.4. The molecule has 1 unspecified atom stereocenters. The lowest BCUT2D eigenvalue weighted by Gasteiger charge is -2.12. The monoisotopic (exact) mass is 178 g/mol. The third kappa shape index (κ3) is 3.72. The Kier molecular flexibility index (Phi) is 4.03. The summed E-state index contributed by atoms with van der Waals surface area (Å²) in [4.78, 5) is 0. The van der Waals surface area contributed by atoms with Gasteiger partial charge in [0.1, 0.15) is 0 Å². The van der Waals surface area contributed by atoms with Gasteiger partial charge < -0.3 is 0 Å². The molecule has 0 bridgehead atoms. The lowest BCUT2D eigenvalue weighted by Crippen LogP contribution is -2.25. The Balaban J connectivity index is 4.14. The van der Waals surface area contributed by atoms with Gasteiger partial charge in [-0.25, -0.2) is 8.42 Å². The zero-order valence-electron chi connectivity index (χ0n) is 7.53. The molecule has 1 atom stereocenters. The molecule has 0 N–H and O–H groups in total. The van der Waals surface area contributed by atoms with Crippen LogP contribution >= 0.6 is 0 Å². The molecule has 1 radical (unpaired) electrons. The fourth-order valence-electron chi connectivity index (χ4n) is 0.965. The van der Waals surface area contributed by atoms with E-state index in [1.807, 2.05) is 13.8 Å². The Hall–Kier alpha value is -0.0900. The zero-order valence-corrected chi connectivity index (χ0v) is 8.35. The minimum Gasteiger partial charge on any atom is -0.211 e. The Morgan fingerprint density at radius 3 is 2.00 bits per heavy atom. The van der Waals surface area contributed by atoms with Crippen LogP contribution in [0.1, 0.15) is 27.2 Å². The second-order valence-corrected chi connectivity index (χ2v) is 5.34. The van der Waals surface area contributed by atoms with Gasteiger partial charge in [0.25, 0.3) is 0 Å². The molecule has 3 nitrogen and oxygen atoms in total. The molecule has 0 aliphatic rings. The molecule has 0 aromatic rings. The quantitative estimate of drug-likeness (QED) is 0.644. The minimum absolute atomic E-state index is 0.340. The maximum Gasteiger partial charge on any atom is 0.230 e. The van der Waals surface area contributed by atoms with Crippen molar-refractivity contribution in [2.45, 2.75) is 32.4 Å². The van der Waals surface area contributed by atoms with E-state index < -0.39 is 10.0 Å². The summed E-state index contributed by atoms with van der Waals surface area (Å²) in [6, 6.07) is 0. The SMILES string of the molecule is C[N]S(=O)(=O)C(C)CC(C)C. The van der Waals surface area contributed by atoms with Gasteiger partial charge in [0.15, 0.2) is 0 Å². The lowest BCUT2D eigenvalue weighted by atomic mass is 10.1. The first-order valence-electron chi connectivity index (χ1n) is 3.75. The van der Waals surface area contributed by atoms with Crippen LogP contribution in [0.5, 0.6) is 0 Å². The summed E-state index contributed by atoms with van der Waals surface area (Å²) < 4.78 is 25.5. The summed E-state index contributed by atoms with van der Waals surface area (Å²) in [6.45, 7) is 5.70. The first-order chi connectivity index (χ1) is 4.90. The highest BCUT2D eigenvalue weighted by Gasteiger charge is 2.20. The van der Waals surface area contributed by atoms with Gasteiger partial charge in [0.2, 0.25) is 10.0 Å². The van der Waals surface area contributed by atoms with Crippen LogP contribution in [0.3, 0.4) is 0 Å². The second-order valence-electron chi connectivity index (χ2n) is 3.14. The van der Waals surface area contributed by atoms with Crippen LogP contribution < -0.4 is 4.72 Å². The standard InChI is InChI=1S/C7H16NO2S/c1-6(2)5-7(3)11(9,10)8-4/h6-7H,5H2,1-4H3. The van der Waals surface area contributed by atoms with Crippen molar-refractivity contribution in [3.05, 3.63) is 0 Å². The molecule has 0 heterocycles. The van der Waals surface area contributed by atoms with E-state index in [0.29, 0.717) is 12.3 Å². The van der Waals surface area contributed by atoms with E-state index in [1.54, 1.807) is 6.92 Å². The van der Waals surface area contributed by atoms with Crippen molar-refractivity contribution in [2.75, 3.05) is 7.05 Å². The number of hydrogen-bond donors (Lipinski definition) is 0. The topological polar surface area (TPSA) is 48.2 Å². The number of rotatable bonds is 4. The predicted molar refractivity (Wildman–Crippen MR) is 45.9 cm³/mol. The molecular weight excluding hydrogens is 162 g/mol. The molecule has 4 heteroatoms. The van der Waals surface area contributed by atoms with E-state index in [2.05, 4.69) is 4.72 Å². The van der Waals surface area contributed by atoms with Crippen LogP contribution in [0.25, 0.3) is 0 Å². The summed E-state index contributed by atoms with van der Waals surface area (Å²) in [5, 5.41) is -0.340. The second kappa shape index (κ2) is 4.07. The van der Waals surface area contributed by atoms with Crippen LogP contribution in [0.2, 0.25) is 0 Å². The average molecular weight is 178 g/mol. The summed E-state index contributed by atoms with van der Waals surface area (Å²) in [5.74, 6) is 0.404. The maximum absolute atomic E-state index is 11.1. The molecule has 0 aromatic carbocycles. The molecule has 0 spiro atoms. The smallest absolute Gasteiger partial charge is 0.211 e. The molecule has 0 aliphatic heterocycles. The van der Waals surface area contributed by atoms with Gasteiger partial charge in [-0.1, -0.05) is 13.8 Å². The molecule has 0 aliphatic carbocycles. The molecule has 0 rings (SSSR count). The van der Waals surface area contributed by atoms with Crippen molar-refractivity contribution < 1.29 is 8.42 Å². The van der Waals surface area contributed by atoms with Crippen LogP contribution in [0.15, 0.2) is 0 Å². The average Bonchev–Trinajstić information content (AvgIpc) is 1.86. The van der Waals surface area contributed by atoms with Crippen molar-refractivity contribution in [3.63, 3.8) is 0 Å². The summed E-state index contributed by atoms with van der Waals surface area (Å²) in [7, 11) is -1.84. The van der Waals surface area contributed by atoms with Crippen molar-refractivity contribution in [2.24, 2.45) is 5.92 Å². The fraction of sp³-hybridized carbons (Fsp3) is 1.00. The molecular formula is C7H16NO2S. The Labute approximate surface area is 69.2 Å². The third-order valence-electron chi connectivity index (χ3n) is 1.57. The molecule has 0 aromatic heterocycles. The molecule has 0 fully saturated rings. The van der Waals surface area contributed by atoms with Gasteiger partial charge in [-0.2, -0.15) is 0 Å². The van der Waals surface area contributed by atoms with Gasteiger partial charge in [-0.15, -0.1) is 4.72 Å². The molecule has 11 heavy (non-hydrogen) atoms. The highest BCUT2D eigenvalue weighted by Crippen LogP contribution is 2.10. The predicted octanol–water partition coefficient (Wildman–Crippen LogP) is 0.985. The minimum atomic E-state index is -3.17. The molecule has 67 valence electrons. The van der Waals surface area contributed by atoms with Crippen LogP contribution in [0.4, 0.5) is 0 Å². The van der Waals surface area contributed by atoms with Crippen LogP contribution in [0, 0.1) is 5.92 Å². The summed E-state index contributed by atoms with van der Waals surface area (Å²) in [5.41, 5.74) is 0. The van der Waals surface area contributed by atoms with E-state index in [1.165, 1.54) is 7.05 Å². The fourth-order valence-corrected chi connectivity index (χ4v) is 1.95. The van der Waals surface area contributed by atoms with Gasteiger partial charge in [0.05, 0.1) is 5.25 Å². The van der Waals surface area contributed by atoms with Crippen LogP contribution in [-0.4, -0.2) is 20.7 Å². The van der Waals surface area contributed by atoms with E-state index in [9.17, 15) is 8.42 Å². The van der Waals surface area contributed by atoms with E-state index >= 15 is 0 Å². The van der Waals surface area contributed by atoms with Crippen LogP contribution in [-0.2, 0) is 10.0 Å².